The normalized spacial score (nSPS) is 14.2. The third kappa shape index (κ3) is 3.36. The Morgan fingerprint density at radius 1 is 1.38 bits per heavy atom. The Labute approximate surface area is 121 Å². The largest absolute Gasteiger partial charge is 0.382 e. The van der Waals surface area contributed by atoms with Gasteiger partial charge in [-0.3, -0.25) is 0 Å². The van der Waals surface area contributed by atoms with Gasteiger partial charge in [0, 0.05) is 24.8 Å². The molecule has 7 heteroatoms. The standard InChI is InChI=1S/C14H18F2N4O/c1-9-18-19-12(20(9)3)10-5-4-6-11(7-10)17-8-14(2,21)13(15)16/h4-7,13,17,21H,8H2,1-3H3. The Bertz CT molecular complexity index is 625. The summed E-state index contributed by atoms with van der Waals surface area (Å²) in [6, 6.07) is 7.18. The van der Waals surface area contributed by atoms with Gasteiger partial charge in [0.15, 0.2) is 5.82 Å². The summed E-state index contributed by atoms with van der Waals surface area (Å²) in [5, 5.41) is 20.4. The lowest BCUT2D eigenvalue weighted by atomic mass is 10.1. The van der Waals surface area contributed by atoms with Gasteiger partial charge in [-0.2, -0.15) is 0 Å². The smallest absolute Gasteiger partial charge is 0.268 e. The summed E-state index contributed by atoms with van der Waals surface area (Å²) in [5.41, 5.74) is -0.619. The number of hydrogen-bond donors (Lipinski definition) is 2. The molecule has 1 atom stereocenters. The van der Waals surface area contributed by atoms with Gasteiger partial charge in [-0.25, -0.2) is 8.78 Å². The summed E-state index contributed by atoms with van der Waals surface area (Å²) < 4.78 is 27.0. The average molecular weight is 296 g/mol. The summed E-state index contributed by atoms with van der Waals surface area (Å²) in [6.07, 6.45) is -2.81. The molecule has 1 unspecified atom stereocenters. The molecule has 0 spiro atoms. The molecule has 0 radical (unpaired) electrons. The highest BCUT2D eigenvalue weighted by atomic mass is 19.3. The van der Waals surface area contributed by atoms with Gasteiger partial charge in [-0.1, -0.05) is 12.1 Å². The summed E-state index contributed by atoms with van der Waals surface area (Å²) in [7, 11) is 1.85. The molecule has 0 saturated carbocycles. The van der Waals surface area contributed by atoms with E-state index in [1.165, 1.54) is 0 Å². The Morgan fingerprint density at radius 3 is 2.67 bits per heavy atom. The van der Waals surface area contributed by atoms with Crippen LogP contribution >= 0.6 is 0 Å². The van der Waals surface area contributed by atoms with Gasteiger partial charge >= 0.3 is 0 Å². The van der Waals surface area contributed by atoms with Gasteiger partial charge in [0.05, 0.1) is 0 Å². The van der Waals surface area contributed by atoms with Crippen LogP contribution in [-0.4, -0.2) is 38.4 Å². The molecule has 1 aromatic heterocycles. The molecule has 2 N–H and O–H groups in total. The van der Waals surface area contributed by atoms with Crippen LogP contribution in [0.25, 0.3) is 11.4 Å². The molecule has 5 nitrogen and oxygen atoms in total. The molecule has 0 fully saturated rings. The highest BCUT2D eigenvalue weighted by Gasteiger charge is 2.31. The molecular weight excluding hydrogens is 278 g/mol. The molecule has 0 saturated heterocycles. The zero-order valence-electron chi connectivity index (χ0n) is 12.1. The van der Waals surface area contributed by atoms with Gasteiger partial charge in [0.25, 0.3) is 6.43 Å². The number of aryl methyl sites for hydroxylation is 1. The van der Waals surface area contributed by atoms with E-state index in [-0.39, 0.29) is 6.54 Å². The number of hydrogen-bond acceptors (Lipinski definition) is 4. The predicted octanol–water partition coefficient (Wildman–Crippen LogP) is 2.22. The fraction of sp³-hybridized carbons (Fsp3) is 0.429. The molecule has 2 rings (SSSR count). The molecule has 1 aromatic carbocycles. The maximum Gasteiger partial charge on any atom is 0.268 e. The van der Waals surface area contributed by atoms with E-state index in [0.717, 1.165) is 18.3 Å². The van der Waals surface area contributed by atoms with E-state index in [9.17, 15) is 13.9 Å². The van der Waals surface area contributed by atoms with Crippen LogP contribution in [0.1, 0.15) is 12.7 Å². The fourth-order valence-electron chi connectivity index (χ4n) is 1.78. The zero-order chi connectivity index (χ0) is 15.6. The molecule has 0 bridgehead atoms. The number of anilines is 1. The van der Waals surface area contributed by atoms with Gasteiger partial charge < -0.3 is 15.0 Å². The number of benzene rings is 1. The van der Waals surface area contributed by atoms with Crippen molar-refractivity contribution in [2.45, 2.75) is 25.9 Å². The molecule has 114 valence electrons. The SMILES string of the molecule is Cc1nnc(-c2cccc(NCC(C)(O)C(F)F)c2)n1C. The summed E-state index contributed by atoms with van der Waals surface area (Å²) in [6.45, 7) is 2.70. The number of rotatable bonds is 5. The number of halogens is 2. The summed E-state index contributed by atoms with van der Waals surface area (Å²) in [5.74, 6) is 1.47. The monoisotopic (exact) mass is 296 g/mol. The van der Waals surface area contributed by atoms with Crippen molar-refractivity contribution in [3.63, 3.8) is 0 Å². The van der Waals surface area contributed by atoms with Crippen molar-refractivity contribution in [3.8, 4) is 11.4 Å². The van der Waals surface area contributed by atoms with Crippen molar-refractivity contribution < 1.29 is 13.9 Å². The van der Waals surface area contributed by atoms with E-state index in [4.69, 9.17) is 0 Å². The van der Waals surface area contributed by atoms with Crippen LogP contribution in [0.3, 0.4) is 0 Å². The Morgan fingerprint density at radius 2 is 2.10 bits per heavy atom. The Hall–Kier alpha value is -2.02. The molecule has 2 aromatic rings. The second-order valence-electron chi connectivity index (χ2n) is 5.22. The maximum atomic E-state index is 12.6. The van der Waals surface area contributed by atoms with Crippen LogP contribution in [0, 0.1) is 6.92 Å². The highest BCUT2D eigenvalue weighted by Crippen LogP contribution is 2.22. The minimum absolute atomic E-state index is 0.244. The first-order valence-electron chi connectivity index (χ1n) is 6.52. The minimum atomic E-state index is -2.81. The minimum Gasteiger partial charge on any atom is -0.382 e. The van der Waals surface area contributed by atoms with Crippen LogP contribution < -0.4 is 5.32 Å². The van der Waals surface area contributed by atoms with E-state index < -0.39 is 12.0 Å². The predicted molar refractivity (Wildman–Crippen MR) is 76.3 cm³/mol. The fourth-order valence-corrected chi connectivity index (χ4v) is 1.78. The van der Waals surface area contributed by atoms with Crippen molar-refractivity contribution in [1.29, 1.82) is 0 Å². The molecule has 0 aliphatic carbocycles. The number of aromatic nitrogens is 3. The molecular formula is C14H18F2N4O. The molecule has 0 aliphatic rings. The lowest BCUT2D eigenvalue weighted by Gasteiger charge is -2.23. The second kappa shape index (κ2) is 5.77. The Balaban J connectivity index is 2.17. The average Bonchev–Trinajstić information content (AvgIpc) is 2.77. The van der Waals surface area contributed by atoms with Crippen molar-refractivity contribution in [2.24, 2.45) is 7.05 Å². The van der Waals surface area contributed by atoms with Gasteiger partial charge in [0.2, 0.25) is 0 Å². The highest BCUT2D eigenvalue weighted by molar-refractivity contribution is 5.62. The third-order valence-electron chi connectivity index (χ3n) is 3.33. The molecule has 21 heavy (non-hydrogen) atoms. The van der Waals surface area contributed by atoms with Gasteiger partial charge in [-0.05, 0) is 26.0 Å². The lowest BCUT2D eigenvalue weighted by molar-refractivity contribution is -0.0732. The Kier molecular flexibility index (Phi) is 4.22. The van der Waals surface area contributed by atoms with E-state index >= 15 is 0 Å². The van der Waals surface area contributed by atoms with E-state index in [0.29, 0.717) is 11.5 Å². The first kappa shape index (κ1) is 15.4. The van der Waals surface area contributed by atoms with E-state index in [1.807, 2.05) is 24.6 Å². The first-order chi connectivity index (χ1) is 9.81. The van der Waals surface area contributed by atoms with E-state index in [2.05, 4.69) is 15.5 Å². The van der Waals surface area contributed by atoms with Gasteiger partial charge in [0.1, 0.15) is 11.4 Å². The van der Waals surface area contributed by atoms with Crippen LogP contribution in [-0.2, 0) is 7.05 Å². The summed E-state index contributed by atoms with van der Waals surface area (Å²) >= 11 is 0. The number of alkyl halides is 2. The number of aliphatic hydroxyl groups is 1. The van der Waals surface area contributed by atoms with Crippen molar-refractivity contribution in [3.05, 3.63) is 30.1 Å². The molecule has 1 heterocycles. The summed E-state index contributed by atoms with van der Waals surface area (Å²) in [4.78, 5) is 0. The topological polar surface area (TPSA) is 63.0 Å². The van der Waals surface area contributed by atoms with Gasteiger partial charge in [-0.15, -0.1) is 10.2 Å². The quantitative estimate of drug-likeness (QED) is 0.888. The zero-order valence-corrected chi connectivity index (χ0v) is 12.1. The van der Waals surface area contributed by atoms with Crippen molar-refractivity contribution >= 4 is 5.69 Å². The number of nitrogens with zero attached hydrogens (tertiary/aromatic N) is 3. The molecule has 0 aliphatic heterocycles. The van der Waals surface area contributed by atoms with Crippen LogP contribution in [0.15, 0.2) is 24.3 Å². The maximum absolute atomic E-state index is 12.6. The lowest BCUT2D eigenvalue weighted by Crippen LogP contribution is -2.40. The molecule has 0 amide bonds. The first-order valence-corrected chi connectivity index (χ1v) is 6.52. The third-order valence-corrected chi connectivity index (χ3v) is 3.33. The van der Waals surface area contributed by atoms with Crippen molar-refractivity contribution in [2.75, 3.05) is 11.9 Å². The van der Waals surface area contributed by atoms with Crippen LogP contribution in [0.2, 0.25) is 0 Å². The van der Waals surface area contributed by atoms with Crippen molar-refractivity contribution in [1.82, 2.24) is 14.8 Å². The number of nitrogens with one attached hydrogen (secondary N) is 1. The van der Waals surface area contributed by atoms with Crippen LogP contribution in [0.4, 0.5) is 14.5 Å². The second-order valence-corrected chi connectivity index (χ2v) is 5.22. The van der Waals surface area contributed by atoms with E-state index in [1.54, 1.807) is 18.2 Å². The van der Waals surface area contributed by atoms with Crippen LogP contribution in [0.5, 0.6) is 0 Å².